The number of imidazole rings is 1. The second kappa shape index (κ2) is 6.06. The van der Waals surface area contributed by atoms with Gasteiger partial charge >= 0.3 is 0 Å². The monoisotopic (exact) mass is 284 g/mol. The predicted octanol–water partition coefficient (Wildman–Crippen LogP) is 2.07. The van der Waals surface area contributed by atoms with Gasteiger partial charge in [0.15, 0.2) is 0 Å². The molecule has 0 spiro atoms. The zero-order valence-electron chi connectivity index (χ0n) is 10.9. The van der Waals surface area contributed by atoms with Gasteiger partial charge in [-0.15, -0.1) is 0 Å². The van der Waals surface area contributed by atoms with Crippen molar-refractivity contribution < 1.29 is 13.2 Å². The van der Waals surface area contributed by atoms with Crippen LogP contribution in [0.2, 0.25) is 0 Å². The lowest BCUT2D eigenvalue weighted by Crippen LogP contribution is -2.32. The Balaban J connectivity index is 2.34. The van der Waals surface area contributed by atoms with Crippen molar-refractivity contribution in [3.05, 3.63) is 53.4 Å². The van der Waals surface area contributed by atoms with Crippen LogP contribution < -0.4 is 11.3 Å². The molecule has 0 aliphatic heterocycles. The van der Waals surface area contributed by atoms with E-state index >= 15 is 0 Å². The van der Waals surface area contributed by atoms with E-state index in [-0.39, 0.29) is 12.0 Å². The summed E-state index contributed by atoms with van der Waals surface area (Å²) in [6.07, 6.45) is 3.56. The first-order chi connectivity index (χ1) is 9.56. The number of hydrogen-bond donors (Lipinski definition) is 2. The number of rotatable bonds is 5. The van der Waals surface area contributed by atoms with Gasteiger partial charge in [-0.05, 0) is 6.92 Å². The number of aryl methyl sites for hydroxylation is 1. The first-order valence-electron chi connectivity index (χ1n) is 6.17. The number of hydrogen-bond acceptors (Lipinski definition) is 3. The van der Waals surface area contributed by atoms with Crippen molar-refractivity contribution in [1.29, 1.82) is 0 Å². The molecule has 4 nitrogen and oxygen atoms in total. The van der Waals surface area contributed by atoms with E-state index in [0.29, 0.717) is 24.5 Å². The largest absolute Gasteiger partial charge is 0.335 e. The first kappa shape index (κ1) is 14.5. The number of hydrazine groups is 1. The summed E-state index contributed by atoms with van der Waals surface area (Å²) in [4.78, 5) is 4.13. The van der Waals surface area contributed by atoms with Gasteiger partial charge in [0.2, 0.25) is 0 Å². The SMILES string of the molecule is CCn1ccnc1CC(NN)c1c(F)cc(F)cc1F. The Morgan fingerprint density at radius 3 is 2.50 bits per heavy atom. The molecule has 0 radical (unpaired) electrons. The molecule has 2 rings (SSSR count). The van der Waals surface area contributed by atoms with E-state index < -0.39 is 23.5 Å². The number of halogens is 3. The van der Waals surface area contributed by atoms with Gasteiger partial charge in [-0.2, -0.15) is 0 Å². The normalized spacial score (nSPS) is 12.7. The van der Waals surface area contributed by atoms with Crippen molar-refractivity contribution in [2.75, 3.05) is 0 Å². The fourth-order valence-electron chi connectivity index (χ4n) is 2.13. The Hall–Kier alpha value is -1.86. The Kier molecular flexibility index (Phi) is 4.41. The molecule has 3 N–H and O–H groups in total. The third-order valence-electron chi connectivity index (χ3n) is 3.12. The molecule has 0 aliphatic carbocycles. The lowest BCUT2D eigenvalue weighted by atomic mass is 10.0. The number of nitrogens with zero attached hydrogens (tertiary/aromatic N) is 2. The van der Waals surface area contributed by atoms with Crippen molar-refractivity contribution in [2.24, 2.45) is 5.84 Å². The zero-order chi connectivity index (χ0) is 14.7. The van der Waals surface area contributed by atoms with E-state index in [1.807, 2.05) is 11.5 Å². The van der Waals surface area contributed by atoms with E-state index in [1.54, 1.807) is 12.4 Å². The Labute approximate surface area is 114 Å². The van der Waals surface area contributed by atoms with Crippen molar-refractivity contribution >= 4 is 0 Å². The molecule has 0 fully saturated rings. The lowest BCUT2D eigenvalue weighted by molar-refractivity contribution is 0.452. The minimum atomic E-state index is -0.972. The molecule has 1 unspecified atom stereocenters. The number of benzene rings is 1. The van der Waals surface area contributed by atoms with Gasteiger partial charge in [0, 0.05) is 43.1 Å². The maximum Gasteiger partial charge on any atom is 0.133 e. The summed E-state index contributed by atoms with van der Waals surface area (Å²) in [5.74, 6) is 3.10. The number of aromatic nitrogens is 2. The average molecular weight is 284 g/mol. The predicted molar refractivity (Wildman–Crippen MR) is 68.0 cm³/mol. The smallest absolute Gasteiger partial charge is 0.133 e. The summed E-state index contributed by atoms with van der Waals surface area (Å²) in [5, 5.41) is 0. The third-order valence-corrected chi connectivity index (χ3v) is 3.12. The van der Waals surface area contributed by atoms with Crippen LogP contribution in [0.3, 0.4) is 0 Å². The highest BCUT2D eigenvalue weighted by Crippen LogP contribution is 2.24. The summed E-state index contributed by atoms with van der Waals surface area (Å²) >= 11 is 0. The summed E-state index contributed by atoms with van der Waals surface area (Å²) in [7, 11) is 0. The van der Waals surface area contributed by atoms with E-state index in [9.17, 15) is 13.2 Å². The third kappa shape index (κ3) is 2.83. The molecular formula is C13H15F3N4. The molecule has 1 aromatic heterocycles. The molecular weight excluding hydrogens is 269 g/mol. The molecule has 0 saturated carbocycles. The maximum absolute atomic E-state index is 13.8. The molecule has 0 amide bonds. The zero-order valence-corrected chi connectivity index (χ0v) is 10.9. The molecule has 20 heavy (non-hydrogen) atoms. The molecule has 0 aliphatic rings. The molecule has 1 heterocycles. The molecule has 0 saturated heterocycles. The lowest BCUT2D eigenvalue weighted by Gasteiger charge is -2.18. The molecule has 0 bridgehead atoms. The van der Waals surface area contributed by atoms with Gasteiger partial charge in [-0.25, -0.2) is 18.2 Å². The van der Waals surface area contributed by atoms with Crippen LogP contribution in [0, 0.1) is 17.5 Å². The summed E-state index contributed by atoms with van der Waals surface area (Å²) in [6, 6.07) is 0.438. The highest BCUT2D eigenvalue weighted by Gasteiger charge is 2.22. The van der Waals surface area contributed by atoms with Crippen molar-refractivity contribution in [1.82, 2.24) is 15.0 Å². The minimum Gasteiger partial charge on any atom is -0.335 e. The van der Waals surface area contributed by atoms with Crippen LogP contribution in [0.4, 0.5) is 13.2 Å². The van der Waals surface area contributed by atoms with Gasteiger partial charge in [0.05, 0.1) is 6.04 Å². The molecule has 1 aromatic carbocycles. The summed E-state index contributed by atoms with van der Waals surface area (Å²) in [5.41, 5.74) is 2.06. The maximum atomic E-state index is 13.8. The van der Waals surface area contributed by atoms with E-state index in [1.165, 1.54) is 0 Å². The van der Waals surface area contributed by atoms with Gasteiger partial charge < -0.3 is 4.57 Å². The van der Waals surface area contributed by atoms with Crippen LogP contribution in [-0.4, -0.2) is 9.55 Å². The summed E-state index contributed by atoms with van der Waals surface area (Å²) in [6.45, 7) is 2.61. The fraction of sp³-hybridized carbons (Fsp3) is 0.308. The van der Waals surface area contributed by atoms with E-state index in [2.05, 4.69) is 10.4 Å². The van der Waals surface area contributed by atoms with Gasteiger partial charge in [0.25, 0.3) is 0 Å². The van der Waals surface area contributed by atoms with Crippen LogP contribution in [0.15, 0.2) is 24.5 Å². The van der Waals surface area contributed by atoms with Crippen molar-refractivity contribution in [3.8, 4) is 0 Å². The Morgan fingerprint density at radius 1 is 1.30 bits per heavy atom. The molecule has 108 valence electrons. The van der Waals surface area contributed by atoms with E-state index in [4.69, 9.17) is 5.84 Å². The van der Waals surface area contributed by atoms with Crippen LogP contribution in [0.5, 0.6) is 0 Å². The van der Waals surface area contributed by atoms with Crippen LogP contribution in [0.1, 0.15) is 24.4 Å². The van der Waals surface area contributed by atoms with Gasteiger partial charge in [-0.1, -0.05) is 0 Å². The standard InChI is InChI=1S/C13H15F3N4/c1-2-20-4-3-18-12(20)7-11(19-17)13-9(15)5-8(14)6-10(13)16/h3-6,11,19H,2,7,17H2,1H3. The van der Waals surface area contributed by atoms with Gasteiger partial charge in [-0.3, -0.25) is 11.3 Å². The van der Waals surface area contributed by atoms with Crippen LogP contribution >= 0.6 is 0 Å². The van der Waals surface area contributed by atoms with Crippen LogP contribution in [-0.2, 0) is 13.0 Å². The van der Waals surface area contributed by atoms with Gasteiger partial charge in [0.1, 0.15) is 23.3 Å². The Morgan fingerprint density at radius 2 is 1.95 bits per heavy atom. The van der Waals surface area contributed by atoms with E-state index in [0.717, 1.165) is 0 Å². The minimum absolute atomic E-state index is 0.191. The highest BCUT2D eigenvalue weighted by atomic mass is 19.1. The quantitative estimate of drug-likeness (QED) is 0.653. The first-order valence-corrected chi connectivity index (χ1v) is 6.17. The number of nitrogens with one attached hydrogen (secondary N) is 1. The average Bonchev–Trinajstić information content (AvgIpc) is 2.83. The highest BCUT2D eigenvalue weighted by molar-refractivity contribution is 5.25. The van der Waals surface area contributed by atoms with Crippen molar-refractivity contribution in [2.45, 2.75) is 25.9 Å². The fourth-order valence-corrected chi connectivity index (χ4v) is 2.13. The topological polar surface area (TPSA) is 55.9 Å². The van der Waals surface area contributed by atoms with Crippen molar-refractivity contribution in [3.63, 3.8) is 0 Å². The summed E-state index contributed by atoms with van der Waals surface area (Å²) < 4.78 is 42.3. The Bertz CT molecular complexity index is 574. The molecule has 7 heteroatoms. The van der Waals surface area contributed by atoms with Crippen LogP contribution in [0.25, 0.3) is 0 Å². The second-order valence-electron chi connectivity index (χ2n) is 4.34. The second-order valence-corrected chi connectivity index (χ2v) is 4.34. The number of nitrogens with two attached hydrogens (primary N) is 1. The molecule has 2 aromatic rings. The molecule has 1 atom stereocenters.